The third kappa shape index (κ3) is 4.34. The van der Waals surface area contributed by atoms with Gasteiger partial charge in [0.25, 0.3) is 5.56 Å². The highest BCUT2D eigenvalue weighted by molar-refractivity contribution is 8.00. The second kappa shape index (κ2) is 8.59. The van der Waals surface area contributed by atoms with Crippen molar-refractivity contribution in [3.05, 3.63) is 46.2 Å². The summed E-state index contributed by atoms with van der Waals surface area (Å²) in [4.78, 5) is 12.5. The number of nitrogens with zero attached hydrogens (tertiary/aromatic N) is 1. The molecule has 4 rings (SSSR count). The van der Waals surface area contributed by atoms with Gasteiger partial charge in [0.2, 0.25) is 5.92 Å². The summed E-state index contributed by atoms with van der Waals surface area (Å²) in [6.45, 7) is 2.07. The molecule has 0 amide bonds. The Morgan fingerprint density at radius 2 is 2.03 bits per heavy atom. The number of hydrogen-bond donors (Lipinski definition) is 1. The van der Waals surface area contributed by atoms with Crippen LogP contribution in [0.4, 0.5) is 14.5 Å². The maximum Gasteiger partial charge on any atom is 0.259 e. The van der Waals surface area contributed by atoms with Crippen molar-refractivity contribution in [2.45, 2.75) is 44.6 Å². The van der Waals surface area contributed by atoms with Crippen LogP contribution in [0.25, 0.3) is 21.2 Å². The van der Waals surface area contributed by atoms with E-state index in [0.717, 1.165) is 27.3 Å². The van der Waals surface area contributed by atoms with Gasteiger partial charge in [0.15, 0.2) is 0 Å². The summed E-state index contributed by atoms with van der Waals surface area (Å²) < 4.78 is 39.1. The summed E-state index contributed by atoms with van der Waals surface area (Å²) in [7, 11) is 1.74. The lowest BCUT2D eigenvalue weighted by Gasteiger charge is -2.29. The van der Waals surface area contributed by atoms with Gasteiger partial charge < -0.3 is 14.0 Å². The smallest absolute Gasteiger partial charge is 0.259 e. The van der Waals surface area contributed by atoms with Crippen molar-refractivity contribution in [3.8, 4) is 16.9 Å². The number of aryl methyl sites for hydroxylation is 1. The van der Waals surface area contributed by atoms with E-state index in [-0.39, 0.29) is 24.5 Å². The quantitative estimate of drug-likeness (QED) is 0.447. The molecule has 2 aromatic heterocycles. The van der Waals surface area contributed by atoms with Crippen LogP contribution in [-0.2, 0) is 7.05 Å². The summed E-state index contributed by atoms with van der Waals surface area (Å²) in [6.07, 6.45) is 1.97. The zero-order valence-electron chi connectivity index (χ0n) is 16.9. The lowest BCUT2D eigenvalue weighted by molar-refractivity contribution is -0.0581. The van der Waals surface area contributed by atoms with Gasteiger partial charge in [-0.3, -0.25) is 4.79 Å². The topological polar surface area (TPSA) is 43.3 Å². The van der Waals surface area contributed by atoms with E-state index in [2.05, 4.69) is 11.6 Å². The lowest BCUT2D eigenvalue weighted by atomic mass is 9.94. The van der Waals surface area contributed by atoms with E-state index in [1.54, 1.807) is 23.6 Å². The highest BCUT2D eigenvalue weighted by Gasteiger charge is 2.36. The highest BCUT2D eigenvalue weighted by Crippen LogP contribution is 2.41. The average Bonchev–Trinajstić information content (AvgIpc) is 3.22. The number of ether oxygens (including phenoxy) is 1. The molecule has 1 fully saturated rings. The monoisotopic (exact) mass is 450 g/mol. The molecular weight excluding hydrogens is 426 g/mol. The van der Waals surface area contributed by atoms with E-state index in [9.17, 15) is 13.6 Å². The molecule has 0 radical (unpaired) electrons. The van der Waals surface area contributed by atoms with Crippen molar-refractivity contribution in [1.29, 1.82) is 0 Å². The third-order valence-electron chi connectivity index (χ3n) is 5.35. The summed E-state index contributed by atoms with van der Waals surface area (Å²) in [6, 6.07) is 7.68. The highest BCUT2D eigenvalue weighted by atomic mass is 32.2. The van der Waals surface area contributed by atoms with Crippen molar-refractivity contribution in [2.75, 3.05) is 10.5 Å². The third-order valence-corrected chi connectivity index (χ3v) is 6.96. The van der Waals surface area contributed by atoms with Crippen molar-refractivity contribution >= 4 is 39.1 Å². The second-order valence-electron chi connectivity index (χ2n) is 7.54. The maximum atomic E-state index is 13.6. The Balaban J connectivity index is 1.76. The Morgan fingerprint density at radius 1 is 1.27 bits per heavy atom. The minimum atomic E-state index is -2.59. The molecule has 2 heterocycles. The summed E-state index contributed by atoms with van der Waals surface area (Å²) in [5, 5.41) is 2.58. The molecule has 1 aliphatic carbocycles. The molecule has 0 aliphatic heterocycles. The molecule has 0 bridgehead atoms. The molecule has 30 heavy (non-hydrogen) atoms. The number of benzene rings is 1. The van der Waals surface area contributed by atoms with Gasteiger partial charge >= 0.3 is 0 Å². The average molecular weight is 451 g/mol. The molecule has 8 heteroatoms. The van der Waals surface area contributed by atoms with E-state index in [4.69, 9.17) is 4.74 Å². The fourth-order valence-corrected chi connectivity index (χ4v) is 5.10. The summed E-state index contributed by atoms with van der Waals surface area (Å²) >= 11 is 3.11. The van der Waals surface area contributed by atoms with Crippen molar-refractivity contribution in [3.63, 3.8) is 0 Å². The molecule has 0 unspecified atom stereocenters. The number of fused-ring (bicyclic) bond motifs is 1. The molecular formula is C22H24F2N2O2S2. The molecule has 4 nitrogen and oxygen atoms in total. The number of halogens is 2. The Bertz CT molecular complexity index is 1100. The molecule has 0 spiro atoms. The summed E-state index contributed by atoms with van der Waals surface area (Å²) in [5.41, 5.74) is 2.65. The fourth-order valence-electron chi connectivity index (χ4n) is 3.75. The predicted octanol–water partition coefficient (Wildman–Crippen LogP) is 6.30. The molecule has 1 N–H and O–H groups in total. The number of aromatic nitrogens is 1. The van der Waals surface area contributed by atoms with Gasteiger partial charge in [0.05, 0.1) is 11.5 Å². The summed E-state index contributed by atoms with van der Waals surface area (Å²) in [5.74, 6) is -1.02. The molecule has 160 valence electrons. The van der Waals surface area contributed by atoms with E-state index < -0.39 is 5.92 Å². The largest absolute Gasteiger partial charge is 0.490 e. The number of anilines is 1. The van der Waals surface area contributed by atoms with Crippen molar-refractivity contribution in [1.82, 2.24) is 4.57 Å². The van der Waals surface area contributed by atoms with Gasteiger partial charge in [-0.25, -0.2) is 8.78 Å². The van der Waals surface area contributed by atoms with E-state index >= 15 is 0 Å². The number of thiophene rings is 1. The minimum Gasteiger partial charge on any atom is -0.490 e. The number of alkyl halides is 2. The Labute approximate surface area is 182 Å². The van der Waals surface area contributed by atoms with Gasteiger partial charge in [-0.05, 0) is 42.5 Å². The number of rotatable bonds is 6. The molecule has 1 saturated carbocycles. The van der Waals surface area contributed by atoms with Crippen LogP contribution in [0, 0.1) is 0 Å². The zero-order valence-corrected chi connectivity index (χ0v) is 18.5. The SMILES string of the molecule is CCSNc1ccc(OC2CCC(F)(F)CC2)c(-c2cn(C)c(=O)c3ccsc23)c1. The van der Waals surface area contributed by atoms with Crippen LogP contribution >= 0.6 is 23.3 Å². The maximum absolute atomic E-state index is 13.6. The van der Waals surface area contributed by atoms with Gasteiger partial charge in [-0.2, -0.15) is 0 Å². The molecule has 1 aromatic carbocycles. The van der Waals surface area contributed by atoms with Gasteiger partial charge in [-0.15, -0.1) is 11.3 Å². The minimum absolute atomic E-state index is 0.0391. The lowest BCUT2D eigenvalue weighted by Crippen LogP contribution is -2.30. The first-order valence-electron chi connectivity index (χ1n) is 10.0. The zero-order chi connectivity index (χ0) is 21.3. The van der Waals surface area contributed by atoms with Crippen LogP contribution < -0.4 is 15.0 Å². The van der Waals surface area contributed by atoms with E-state index in [0.29, 0.717) is 24.0 Å². The first-order valence-corrected chi connectivity index (χ1v) is 11.9. The first kappa shape index (κ1) is 21.2. The second-order valence-corrected chi connectivity index (χ2v) is 9.53. The number of pyridine rings is 1. The predicted molar refractivity (Wildman–Crippen MR) is 122 cm³/mol. The normalized spacial score (nSPS) is 16.7. The van der Waals surface area contributed by atoms with Gasteiger partial charge in [-0.1, -0.05) is 18.9 Å². The van der Waals surface area contributed by atoms with Crippen molar-refractivity contribution in [2.24, 2.45) is 7.05 Å². The van der Waals surface area contributed by atoms with Crippen LogP contribution in [0.3, 0.4) is 0 Å². The van der Waals surface area contributed by atoms with Crippen molar-refractivity contribution < 1.29 is 13.5 Å². The van der Waals surface area contributed by atoms with Crippen LogP contribution in [0.5, 0.6) is 5.75 Å². The fraction of sp³-hybridized carbons (Fsp3) is 0.409. The number of hydrogen-bond acceptors (Lipinski definition) is 5. The van der Waals surface area contributed by atoms with Gasteiger partial charge in [0, 0.05) is 53.4 Å². The molecule has 3 aromatic rings. The molecule has 1 aliphatic rings. The number of nitrogens with one attached hydrogen (secondary N) is 1. The van der Waals surface area contributed by atoms with Crippen LogP contribution in [0.2, 0.25) is 0 Å². The molecule has 0 saturated heterocycles. The van der Waals surface area contributed by atoms with Crippen LogP contribution in [-0.4, -0.2) is 22.3 Å². The molecule has 0 atom stereocenters. The van der Waals surface area contributed by atoms with E-state index in [1.807, 2.05) is 35.8 Å². The van der Waals surface area contributed by atoms with Crippen LogP contribution in [0.15, 0.2) is 40.6 Å². The Hall–Kier alpha value is -2.06. The van der Waals surface area contributed by atoms with Crippen LogP contribution in [0.1, 0.15) is 32.6 Å². The Kier molecular flexibility index (Phi) is 6.06. The van der Waals surface area contributed by atoms with Gasteiger partial charge in [0.1, 0.15) is 5.75 Å². The Morgan fingerprint density at radius 3 is 2.77 bits per heavy atom. The first-order chi connectivity index (χ1) is 14.4. The standard InChI is InChI=1S/C22H24F2N2O2S2/c1-3-30-25-14-4-5-19(28-15-6-9-22(23,24)10-7-15)17(12-14)18-13-26(2)21(27)16-8-11-29-20(16)18/h4-5,8,11-13,15,25H,3,6-7,9-10H2,1-2H3. The van der Waals surface area contributed by atoms with E-state index in [1.165, 1.54) is 11.3 Å².